The molecule has 0 amide bonds. The third kappa shape index (κ3) is 6.16. The molecule has 0 aliphatic rings. The Kier molecular flexibility index (Phi) is 3.27. The van der Waals surface area contributed by atoms with Gasteiger partial charge >= 0.3 is 0 Å². The summed E-state index contributed by atoms with van der Waals surface area (Å²) in [5.41, 5.74) is 0.152. The molecule has 0 rings (SSSR count). The van der Waals surface area contributed by atoms with Crippen LogP contribution >= 0.6 is 0 Å². The molecular formula is C9H19NO2. The van der Waals surface area contributed by atoms with E-state index >= 15 is 0 Å². The Hall–Kier alpha value is -0.570. The molecule has 3 nitrogen and oxygen atoms in total. The van der Waals surface area contributed by atoms with Crippen molar-refractivity contribution in [2.24, 2.45) is 5.41 Å². The summed E-state index contributed by atoms with van der Waals surface area (Å²) in [5.74, 6) is -0.982. The van der Waals surface area contributed by atoms with Crippen molar-refractivity contribution in [3.05, 3.63) is 0 Å². The van der Waals surface area contributed by atoms with Gasteiger partial charge in [0, 0.05) is 5.41 Å². The first-order chi connectivity index (χ1) is 5.12. The fourth-order valence-electron chi connectivity index (χ4n) is 1.69. The lowest BCUT2D eigenvalue weighted by Crippen LogP contribution is -2.51. The van der Waals surface area contributed by atoms with E-state index in [0.717, 1.165) is 6.54 Å². The molecule has 0 heterocycles. The predicted molar refractivity (Wildman–Crippen MR) is 46.3 cm³/mol. The molecule has 0 spiro atoms. The molecule has 0 N–H and O–H groups in total. The molecule has 0 fully saturated rings. The fourth-order valence-corrected chi connectivity index (χ4v) is 1.69. The molecule has 0 aromatic rings. The summed E-state index contributed by atoms with van der Waals surface area (Å²) in [7, 11) is 3.81. The molecule has 0 aromatic carbocycles. The molecule has 0 saturated carbocycles. The normalized spacial score (nSPS) is 13.1. The van der Waals surface area contributed by atoms with Gasteiger partial charge in [0.25, 0.3) is 0 Å². The Morgan fingerprint density at radius 1 is 1.33 bits per heavy atom. The van der Waals surface area contributed by atoms with E-state index < -0.39 is 5.97 Å². The molecule has 0 aliphatic heterocycles. The zero-order valence-corrected chi connectivity index (χ0v) is 8.68. The summed E-state index contributed by atoms with van der Waals surface area (Å²) in [6.45, 7) is 7.21. The topological polar surface area (TPSA) is 40.1 Å². The molecule has 0 atom stereocenters. The van der Waals surface area contributed by atoms with E-state index in [1.807, 2.05) is 14.1 Å². The van der Waals surface area contributed by atoms with Crippen molar-refractivity contribution in [2.75, 3.05) is 27.2 Å². The van der Waals surface area contributed by atoms with E-state index in [1.54, 1.807) is 0 Å². The zero-order valence-electron chi connectivity index (χ0n) is 8.68. The van der Waals surface area contributed by atoms with E-state index in [-0.39, 0.29) is 12.0 Å². The Bertz CT molecular complexity index is 168. The summed E-state index contributed by atoms with van der Waals surface area (Å²) >= 11 is 0. The number of rotatable bonds is 3. The molecule has 0 saturated heterocycles. The Morgan fingerprint density at radius 3 is 2.00 bits per heavy atom. The summed E-state index contributed by atoms with van der Waals surface area (Å²) < 4.78 is 0.478. The highest BCUT2D eigenvalue weighted by molar-refractivity contribution is 5.65. The van der Waals surface area contributed by atoms with Crippen molar-refractivity contribution in [2.45, 2.75) is 20.8 Å². The monoisotopic (exact) mass is 173 g/mol. The summed E-state index contributed by atoms with van der Waals surface area (Å²) in [6.07, 6.45) is 0. The molecule has 3 heteroatoms. The van der Waals surface area contributed by atoms with E-state index in [4.69, 9.17) is 0 Å². The van der Waals surface area contributed by atoms with Crippen LogP contribution in [0.1, 0.15) is 20.8 Å². The van der Waals surface area contributed by atoms with Gasteiger partial charge in [-0.05, 0) is 0 Å². The second-order valence-corrected chi connectivity index (χ2v) is 5.18. The minimum Gasteiger partial charge on any atom is -0.544 e. The van der Waals surface area contributed by atoms with Crippen molar-refractivity contribution in [3.63, 3.8) is 0 Å². The van der Waals surface area contributed by atoms with E-state index in [9.17, 15) is 9.90 Å². The van der Waals surface area contributed by atoms with Crippen LogP contribution in [0.5, 0.6) is 0 Å². The van der Waals surface area contributed by atoms with Crippen LogP contribution in [0, 0.1) is 5.41 Å². The van der Waals surface area contributed by atoms with Crippen molar-refractivity contribution in [3.8, 4) is 0 Å². The van der Waals surface area contributed by atoms with Crippen LogP contribution in [0.3, 0.4) is 0 Å². The van der Waals surface area contributed by atoms with Gasteiger partial charge in [-0.3, -0.25) is 0 Å². The number of aliphatic carboxylic acids is 1. The maximum atomic E-state index is 10.4. The van der Waals surface area contributed by atoms with Gasteiger partial charge in [0.05, 0.1) is 26.6 Å². The van der Waals surface area contributed by atoms with Gasteiger partial charge < -0.3 is 14.4 Å². The van der Waals surface area contributed by atoms with Gasteiger partial charge in [0.15, 0.2) is 0 Å². The van der Waals surface area contributed by atoms with E-state index in [2.05, 4.69) is 20.8 Å². The zero-order chi connectivity index (χ0) is 9.99. The van der Waals surface area contributed by atoms with Gasteiger partial charge in [-0.25, -0.2) is 0 Å². The van der Waals surface area contributed by atoms with Crippen LogP contribution < -0.4 is 5.11 Å². The number of hydrogen-bond donors (Lipinski definition) is 0. The SMILES string of the molecule is CC(C)(C)C[N+](C)(C)CC(=O)[O-]. The molecule has 0 aliphatic carbocycles. The van der Waals surface area contributed by atoms with Gasteiger partial charge in [-0.1, -0.05) is 20.8 Å². The average Bonchev–Trinajstić information content (AvgIpc) is 1.48. The number of carbonyl (C=O) groups is 1. The third-order valence-corrected chi connectivity index (χ3v) is 1.46. The van der Waals surface area contributed by atoms with Gasteiger partial charge in [0.1, 0.15) is 6.54 Å². The van der Waals surface area contributed by atoms with Crippen LogP contribution in [0.4, 0.5) is 0 Å². The molecular weight excluding hydrogens is 154 g/mol. The summed E-state index contributed by atoms with van der Waals surface area (Å²) in [6, 6.07) is 0. The first-order valence-electron chi connectivity index (χ1n) is 4.14. The van der Waals surface area contributed by atoms with Gasteiger partial charge in [-0.2, -0.15) is 0 Å². The Labute approximate surface area is 74.6 Å². The van der Waals surface area contributed by atoms with Crippen LogP contribution in [0.25, 0.3) is 0 Å². The van der Waals surface area contributed by atoms with E-state index in [0.29, 0.717) is 4.48 Å². The summed E-state index contributed by atoms with van der Waals surface area (Å²) in [5, 5.41) is 10.4. The second-order valence-electron chi connectivity index (χ2n) is 5.18. The first-order valence-corrected chi connectivity index (χ1v) is 4.14. The molecule has 12 heavy (non-hydrogen) atoms. The quantitative estimate of drug-likeness (QED) is 0.557. The van der Waals surface area contributed by atoms with Crippen molar-refractivity contribution >= 4 is 5.97 Å². The van der Waals surface area contributed by atoms with Crippen LogP contribution in [0.15, 0.2) is 0 Å². The Balaban J connectivity index is 4.13. The minimum absolute atomic E-state index is 0.0806. The van der Waals surface area contributed by atoms with Crippen LogP contribution in [-0.4, -0.2) is 37.6 Å². The van der Waals surface area contributed by atoms with Crippen molar-refractivity contribution in [1.29, 1.82) is 0 Å². The predicted octanol–water partition coefficient (Wildman–Crippen LogP) is -0.141. The number of nitrogens with zero attached hydrogens (tertiary/aromatic N) is 1. The second kappa shape index (κ2) is 3.44. The maximum Gasteiger partial charge on any atom is 0.119 e. The average molecular weight is 173 g/mol. The van der Waals surface area contributed by atoms with Crippen molar-refractivity contribution < 1.29 is 14.4 Å². The lowest BCUT2D eigenvalue weighted by atomic mass is 9.95. The van der Waals surface area contributed by atoms with Crippen LogP contribution in [-0.2, 0) is 4.79 Å². The Morgan fingerprint density at radius 2 is 1.75 bits per heavy atom. The molecule has 0 unspecified atom stereocenters. The molecule has 72 valence electrons. The molecule has 0 aromatic heterocycles. The highest BCUT2D eigenvalue weighted by Crippen LogP contribution is 2.17. The lowest BCUT2D eigenvalue weighted by Gasteiger charge is -2.35. The standard InChI is InChI=1S/C9H19NO2/c1-9(2,3)7-10(4,5)6-8(11)12/h6-7H2,1-5H3. The molecule has 0 bridgehead atoms. The lowest BCUT2D eigenvalue weighted by molar-refractivity contribution is -0.890. The van der Waals surface area contributed by atoms with Gasteiger partial charge in [0.2, 0.25) is 0 Å². The van der Waals surface area contributed by atoms with E-state index in [1.165, 1.54) is 0 Å². The largest absolute Gasteiger partial charge is 0.544 e. The minimum atomic E-state index is -0.982. The number of quaternary nitrogens is 1. The highest BCUT2D eigenvalue weighted by atomic mass is 16.4. The fraction of sp³-hybridized carbons (Fsp3) is 0.889. The summed E-state index contributed by atoms with van der Waals surface area (Å²) in [4.78, 5) is 10.4. The first kappa shape index (κ1) is 11.4. The molecule has 0 radical (unpaired) electrons. The van der Waals surface area contributed by atoms with Gasteiger partial charge in [-0.15, -0.1) is 0 Å². The number of hydrogen-bond acceptors (Lipinski definition) is 2. The van der Waals surface area contributed by atoms with Crippen molar-refractivity contribution in [1.82, 2.24) is 0 Å². The third-order valence-electron chi connectivity index (χ3n) is 1.46. The number of carbonyl (C=O) groups excluding carboxylic acids is 1. The number of carboxylic acids is 1. The number of carboxylic acid groups (broad SMARTS) is 1. The number of likely N-dealkylation sites (N-methyl/N-ethyl adjacent to an activating group) is 1. The highest BCUT2D eigenvalue weighted by Gasteiger charge is 2.24. The smallest absolute Gasteiger partial charge is 0.119 e. The van der Waals surface area contributed by atoms with Crippen LogP contribution in [0.2, 0.25) is 0 Å². The maximum absolute atomic E-state index is 10.4.